The average molecular weight is 275 g/mol. The van der Waals surface area contributed by atoms with Gasteiger partial charge in [0.15, 0.2) is 11.5 Å². The van der Waals surface area contributed by atoms with Crippen LogP contribution in [0.25, 0.3) is 11.0 Å². The third kappa shape index (κ3) is 2.41. The molecule has 6 heteroatoms. The Morgan fingerprint density at radius 3 is 2.85 bits per heavy atom. The molecule has 1 N–H and O–H groups in total. The van der Waals surface area contributed by atoms with E-state index in [-0.39, 0.29) is 12.5 Å². The summed E-state index contributed by atoms with van der Waals surface area (Å²) in [5, 5.41) is 2.85. The number of nitrogens with one attached hydrogen (secondary N) is 1. The molecule has 0 aliphatic carbocycles. The highest BCUT2D eigenvalue weighted by Crippen LogP contribution is 2.33. The van der Waals surface area contributed by atoms with E-state index in [2.05, 4.69) is 10.3 Å². The number of aromatic nitrogens is 2. The van der Waals surface area contributed by atoms with Gasteiger partial charge in [0.05, 0.1) is 17.4 Å². The van der Waals surface area contributed by atoms with Crippen LogP contribution in [0, 0.1) is 0 Å². The molecule has 6 nitrogen and oxygen atoms in total. The van der Waals surface area contributed by atoms with Gasteiger partial charge in [-0.1, -0.05) is 6.92 Å². The van der Waals surface area contributed by atoms with E-state index in [0.717, 1.165) is 17.5 Å². The monoisotopic (exact) mass is 275 g/mol. The lowest BCUT2D eigenvalue weighted by Crippen LogP contribution is -2.27. The summed E-state index contributed by atoms with van der Waals surface area (Å²) in [4.78, 5) is 16.1. The van der Waals surface area contributed by atoms with E-state index in [4.69, 9.17) is 9.47 Å². The van der Waals surface area contributed by atoms with E-state index >= 15 is 0 Å². The van der Waals surface area contributed by atoms with Crippen LogP contribution in [0.3, 0.4) is 0 Å². The molecule has 0 atom stereocenters. The maximum absolute atomic E-state index is 11.8. The number of fused-ring (bicyclic) bond motifs is 2. The molecule has 0 spiro atoms. The zero-order valence-electron chi connectivity index (χ0n) is 11.4. The van der Waals surface area contributed by atoms with Crippen molar-refractivity contribution >= 4 is 16.9 Å². The molecule has 20 heavy (non-hydrogen) atoms. The molecule has 1 aromatic heterocycles. The largest absolute Gasteiger partial charge is 0.486 e. The van der Waals surface area contributed by atoms with Crippen molar-refractivity contribution in [2.24, 2.45) is 0 Å². The first-order chi connectivity index (χ1) is 9.78. The second kappa shape index (κ2) is 5.40. The van der Waals surface area contributed by atoms with Crippen molar-refractivity contribution in [1.82, 2.24) is 14.9 Å². The van der Waals surface area contributed by atoms with Crippen molar-refractivity contribution in [2.45, 2.75) is 19.9 Å². The molecule has 0 radical (unpaired) electrons. The van der Waals surface area contributed by atoms with Gasteiger partial charge in [-0.15, -0.1) is 0 Å². The second-order valence-corrected chi connectivity index (χ2v) is 4.71. The Kier molecular flexibility index (Phi) is 3.45. The average Bonchev–Trinajstić information content (AvgIpc) is 2.85. The van der Waals surface area contributed by atoms with Gasteiger partial charge < -0.3 is 19.4 Å². The zero-order chi connectivity index (χ0) is 13.9. The van der Waals surface area contributed by atoms with Crippen LogP contribution >= 0.6 is 0 Å². The summed E-state index contributed by atoms with van der Waals surface area (Å²) in [5.41, 5.74) is 1.68. The SMILES string of the molecule is CCCNC(=O)Cn1cnc2cc3c(cc21)OCCO3. The third-order valence-electron chi connectivity index (χ3n) is 3.17. The highest BCUT2D eigenvalue weighted by molar-refractivity contribution is 5.83. The van der Waals surface area contributed by atoms with Crippen molar-refractivity contribution in [3.05, 3.63) is 18.5 Å². The number of carbonyl (C=O) groups is 1. The Hall–Kier alpha value is -2.24. The Balaban J connectivity index is 1.87. The second-order valence-electron chi connectivity index (χ2n) is 4.71. The summed E-state index contributed by atoms with van der Waals surface area (Å²) >= 11 is 0. The third-order valence-corrected chi connectivity index (χ3v) is 3.17. The standard InChI is InChI=1S/C14H17N3O3/c1-2-3-15-14(18)8-17-9-16-10-6-12-13(7-11(10)17)20-5-4-19-12/h6-7,9H,2-5,8H2,1H3,(H,15,18). The van der Waals surface area contributed by atoms with Crippen molar-refractivity contribution in [3.8, 4) is 11.5 Å². The van der Waals surface area contributed by atoms with Crippen LogP contribution in [0.1, 0.15) is 13.3 Å². The van der Waals surface area contributed by atoms with E-state index in [9.17, 15) is 4.79 Å². The first kappa shape index (κ1) is 12.8. The number of ether oxygens (including phenoxy) is 2. The molecule has 1 aliphatic rings. The van der Waals surface area contributed by atoms with Crippen molar-refractivity contribution < 1.29 is 14.3 Å². The molecule has 1 aromatic carbocycles. The van der Waals surface area contributed by atoms with Crippen LogP contribution in [-0.2, 0) is 11.3 Å². The Labute approximate surface area is 116 Å². The van der Waals surface area contributed by atoms with Crippen molar-refractivity contribution in [1.29, 1.82) is 0 Å². The summed E-state index contributed by atoms with van der Waals surface area (Å²) in [6, 6.07) is 3.73. The Morgan fingerprint density at radius 2 is 2.10 bits per heavy atom. The predicted octanol–water partition coefficient (Wildman–Crippen LogP) is 1.33. The number of rotatable bonds is 4. The molecule has 0 saturated carbocycles. The van der Waals surface area contributed by atoms with E-state index in [1.807, 2.05) is 23.6 Å². The lowest BCUT2D eigenvalue weighted by Gasteiger charge is -2.18. The van der Waals surface area contributed by atoms with Gasteiger partial charge in [-0.25, -0.2) is 4.98 Å². The van der Waals surface area contributed by atoms with E-state index in [0.29, 0.717) is 31.3 Å². The topological polar surface area (TPSA) is 65.4 Å². The van der Waals surface area contributed by atoms with Crippen molar-refractivity contribution in [2.75, 3.05) is 19.8 Å². The first-order valence-electron chi connectivity index (χ1n) is 6.79. The number of hydrogen-bond acceptors (Lipinski definition) is 4. The van der Waals surface area contributed by atoms with Gasteiger partial charge in [0.1, 0.15) is 19.8 Å². The normalized spacial score (nSPS) is 13.4. The van der Waals surface area contributed by atoms with Gasteiger partial charge >= 0.3 is 0 Å². The van der Waals surface area contributed by atoms with Crippen LogP contribution in [0.15, 0.2) is 18.5 Å². The minimum atomic E-state index is -0.0129. The molecular formula is C14H17N3O3. The van der Waals surface area contributed by atoms with E-state index in [1.165, 1.54) is 0 Å². The Morgan fingerprint density at radius 1 is 1.35 bits per heavy atom. The Bertz CT molecular complexity index is 636. The highest BCUT2D eigenvalue weighted by atomic mass is 16.6. The lowest BCUT2D eigenvalue weighted by molar-refractivity contribution is -0.121. The highest BCUT2D eigenvalue weighted by Gasteiger charge is 2.15. The molecule has 0 saturated heterocycles. The number of nitrogens with zero attached hydrogens (tertiary/aromatic N) is 2. The number of amides is 1. The smallest absolute Gasteiger partial charge is 0.239 e. The van der Waals surface area contributed by atoms with E-state index < -0.39 is 0 Å². The van der Waals surface area contributed by atoms with Crippen LogP contribution in [-0.4, -0.2) is 35.2 Å². The fraction of sp³-hybridized carbons (Fsp3) is 0.429. The lowest BCUT2D eigenvalue weighted by atomic mass is 10.2. The number of hydrogen-bond donors (Lipinski definition) is 1. The maximum Gasteiger partial charge on any atom is 0.239 e. The van der Waals surface area contributed by atoms with Crippen LogP contribution < -0.4 is 14.8 Å². The number of imidazole rings is 1. The fourth-order valence-corrected chi connectivity index (χ4v) is 2.20. The molecular weight excluding hydrogens is 258 g/mol. The summed E-state index contributed by atoms with van der Waals surface area (Å²) in [6.07, 6.45) is 2.59. The summed E-state index contributed by atoms with van der Waals surface area (Å²) < 4.78 is 12.9. The summed E-state index contributed by atoms with van der Waals surface area (Å²) in [5.74, 6) is 1.41. The van der Waals surface area contributed by atoms with Crippen LogP contribution in [0.4, 0.5) is 0 Å². The summed E-state index contributed by atoms with van der Waals surface area (Å²) in [7, 11) is 0. The number of carbonyl (C=O) groups excluding carboxylic acids is 1. The molecule has 3 rings (SSSR count). The molecule has 2 heterocycles. The van der Waals surface area contributed by atoms with Gasteiger partial charge in [-0.05, 0) is 6.42 Å². The van der Waals surface area contributed by atoms with Crippen molar-refractivity contribution in [3.63, 3.8) is 0 Å². The quantitative estimate of drug-likeness (QED) is 0.914. The van der Waals surface area contributed by atoms with Gasteiger partial charge in [0, 0.05) is 18.7 Å². The zero-order valence-corrected chi connectivity index (χ0v) is 11.4. The van der Waals surface area contributed by atoms with Gasteiger partial charge in [-0.2, -0.15) is 0 Å². The van der Waals surface area contributed by atoms with Crippen LogP contribution in [0.2, 0.25) is 0 Å². The van der Waals surface area contributed by atoms with Gasteiger partial charge in [-0.3, -0.25) is 4.79 Å². The first-order valence-corrected chi connectivity index (χ1v) is 6.79. The van der Waals surface area contributed by atoms with Crippen LogP contribution in [0.5, 0.6) is 11.5 Å². The minimum absolute atomic E-state index is 0.0129. The predicted molar refractivity (Wildman–Crippen MR) is 74.0 cm³/mol. The molecule has 2 aromatic rings. The molecule has 0 bridgehead atoms. The molecule has 106 valence electrons. The maximum atomic E-state index is 11.8. The minimum Gasteiger partial charge on any atom is -0.486 e. The van der Waals surface area contributed by atoms with E-state index in [1.54, 1.807) is 6.33 Å². The molecule has 0 unspecified atom stereocenters. The van der Waals surface area contributed by atoms with Gasteiger partial charge in [0.25, 0.3) is 0 Å². The molecule has 1 aliphatic heterocycles. The molecule has 1 amide bonds. The number of benzene rings is 1. The summed E-state index contributed by atoms with van der Waals surface area (Å²) in [6.45, 7) is 4.08. The fourth-order valence-electron chi connectivity index (χ4n) is 2.20. The molecule has 0 fully saturated rings. The van der Waals surface area contributed by atoms with Gasteiger partial charge in [0.2, 0.25) is 5.91 Å².